The van der Waals surface area contributed by atoms with Crippen LogP contribution in [0.25, 0.3) is 0 Å². The molecule has 0 saturated carbocycles. The molecule has 1 atom stereocenters. The summed E-state index contributed by atoms with van der Waals surface area (Å²) >= 11 is 0. The van der Waals surface area contributed by atoms with Gasteiger partial charge in [-0.3, -0.25) is 4.79 Å². The van der Waals surface area contributed by atoms with Crippen LogP contribution in [0.5, 0.6) is 5.75 Å². The molecule has 0 aliphatic carbocycles. The van der Waals surface area contributed by atoms with E-state index in [0.29, 0.717) is 5.75 Å². The summed E-state index contributed by atoms with van der Waals surface area (Å²) in [6.07, 6.45) is -0.484. The second-order valence-corrected chi connectivity index (χ2v) is 5.67. The highest BCUT2D eigenvalue weighted by atomic mass is 16.5. The number of benzene rings is 1. The van der Waals surface area contributed by atoms with Gasteiger partial charge in [0.15, 0.2) is 0 Å². The third-order valence-electron chi connectivity index (χ3n) is 3.37. The number of para-hydroxylation sites is 1. The quantitative estimate of drug-likeness (QED) is 0.721. The fourth-order valence-corrected chi connectivity index (χ4v) is 2.17. The first kappa shape index (κ1) is 19.8. The third-order valence-corrected chi connectivity index (χ3v) is 3.37. The van der Waals surface area contributed by atoms with Gasteiger partial charge in [0.2, 0.25) is 0 Å². The Labute approximate surface area is 142 Å². The smallest absolute Gasteiger partial charge is 0.317 e. The SMILES string of the molecule is COc1ccccc1C(CNC(=O)N(C)CCC(=O)O)OC(C)C. The number of urea groups is 1. The van der Waals surface area contributed by atoms with E-state index in [1.54, 1.807) is 14.2 Å². The van der Waals surface area contributed by atoms with Gasteiger partial charge >= 0.3 is 12.0 Å². The second-order valence-electron chi connectivity index (χ2n) is 5.67. The molecule has 2 amide bonds. The normalized spacial score (nSPS) is 11.9. The van der Waals surface area contributed by atoms with Crippen molar-refractivity contribution in [3.63, 3.8) is 0 Å². The van der Waals surface area contributed by atoms with Crippen molar-refractivity contribution in [1.82, 2.24) is 10.2 Å². The molecule has 1 unspecified atom stereocenters. The fourth-order valence-electron chi connectivity index (χ4n) is 2.17. The number of aliphatic carboxylic acids is 1. The van der Waals surface area contributed by atoms with Crippen molar-refractivity contribution in [2.24, 2.45) is 0 Å². The van der Waals surface area contributed by atoms with E-state index in [1.807, 2.05) is 38.1 Å². The molecule has 0 saturated heterocycles. The zero-order valence-corrected chi connectivity index (χ0v) is 14.6. The topological polar surface area (TPSA) is 88.1 Å². The number of amides is 2. The van der Waals surface area contributed by atoms with Crippen molar-refractivity contribution in [2.75, 3.05) is 27.2 Å². The molecule has 0 radical (unpaired) electrons. The number of carboxylic acids is 1. The molecule has 134 valence electrons. The molecule has 24 heavy (non-hydrogen) atoms. The summed E-state index contributed by atoms with van der Waals surface area (Å²) in [7, 11) is 3.14. The number of hydrogen-bond acceptors (Lipinski definition) is 4. The number of methoxy groups -OCH3 is 1. The van der Waals surface area contributed by atoms with Gasteiger partial charge in [-0.1, -0.05) is 18.2 Å². The number of nitrogens with zero attached hydrogens (tertiary/aromatic N) is 1. The van der Waals surface area contributed by atoms with E-state index in [9.17, 15) is 9.59 Å². The summed E-state index contributed by atoms with van der Waals surface area (Å²) in [6, 6.07) is 7.14. The summed E-state index contributed by atoms with van der Waals surface area (Å²) in [4.78, 5) is 24.0. The molecule has 7 heteroatoms. The van der Waals surface area contributed by atoms with Crippen LogP contribution in [-0.2, 0) is 9.53 Å². The number of ether oxygens (including phenoxy) is 2. The van der Waals surface area contributed by atoms with Crippen LogP contribution in [0.4, 0.5) is 4.79 Å². The lowest BCUT2D eigenvalue weighted by Crippen LogP contribution is -2.40. The lowest BCUT2D eigenvalue weighted by Gasteiger charge is -2.24. The Morgan fingerprint density at radius 3 is 2.54 bits per heavy atom. The van der Waals surface area contributed by atoms with Crippen LogP contribution >= 0.6 is 0 Å². The highest BCUT2D eigenvalue weighted by Gasteiger charge is 2.20. The summed E-state index contributed by atoms with van der Waals surface area (Å²) < 4.78 is 11.3. The van der Waals surface area contributed by atoms with E-state index in [2.05, 4.69) is 5.32 Å². The van der Waals surface area contributed by atoms with Crippen LogP contribution in [0.3, 0.4) is 0 Å². The Bertz CT molecular complexity index is 548. The Morgan fingerprint density at radius 1 is 1.29 bits per heavy atom. The van der Waals surface area contributed by atoms with E-state index in [0.717, 1.165) is 5.56 Å². The summed E-state index contributed by atoms with van der Waals surface area (Å²) in [5.74, 6) is -0.249. The number of carboxylic acid groups (broad SMARTS) is 1. The number of hydrogen-bond donors (Lipinski definition) is 2. The fraction of sp³-hybridized carbons (Fsp3) is 0.529. The van der Waals surface area contributed by atoms with Crippen LogP contribution < -0.4 is 10.1 Å². The van der Waals surface area contributed by atoms with Crippen LogP contribution in [0.15, 0.2) is 24.3 Å². The number of rotatable bonds is 9. The van der Waals surface area contributed by atoms with Crippen LogP contribution in [-0.4, -0.2) is 55.4 Å². The predicted octanol–water partition coefficient (Wildman–Crippen LogP) is 2.28. The molecule has 2 N–H and O–H groups in total. The average Bonchev–Trinajstić information content (AvgIpc) is 2.55. The van der Waals surface area contributed by atoms with E-state index < -0.39 is 5.97 Å². The van der Waals surface area contributed by atoms with E-state index >= 15 is 0 Å². The van der Waals surface area contributed by atoms with Gasteiger partial charge in [-0.2, -0.15) is 0 Å². The zero-order chi connectivity index (χ0) is 18.1. The van der Waals surface area contributed by atoms with Crippen LogP contribution in [0, 0.1) is 0 Å². The van der Waals surface area contributed by atoms with Crippen LogP contribution in [0.1, 0.15) is 31.9 Å². The van der Waals surface area contributed by atoms with Gasteiger partial charge in [-0.25, -0.2) is 4.79 Å². The molecule has 1 aromatic rings. The Morgan fingerprint density at radius 2 is 1.96 bits per heavy atom. The van der Waals surface area contributed by atoms with Crippen molar-refractivity contribution in [3.05, 3.63) is 29.8 Å². The molecular formula is C17H26N2O5. The molecule has 0 aromatic heterocycles. The maximum absolute atomic E-state index is 12.1. The highest BCUT2D eigenvalue weighted by molar-refractivity contribution is 5.75. The van der Waals surface area contributed by atoms with Gasteiger partial charge in [0.1, 0.15) is 11.9 Å². The minimum Gasteiger partial charge on any atom is -0.496 e. The molecule has 0 spiro atoms. The maximum atomic E-state index is 12.1. The molecule has 0 heterocycles. The predicted molar refractivity (Wildman–Crippen MR) is 90.2 cm³/mol. The molecule has 1 rings (SSSR count). The summed E-state index contributed by atoms with van der Waals surface area (Å²) in [5.41, 5.74) is 0.849. The first-order chi connectivity index (χ1) is 11.3. The van der Waals surface area contributed by atoms with Crippen molar-refractivity contribution in [3.8, 4) is 5.75 Å². The maximum Gasteiger partial charge on any atom is 0.317 e. The first-order valence-corrected chi connectivity index (χ1v) is 7.84. The summed E-state index contributed by atoms with van der Waals surface area (Å²) in [5, 5.41) is 11.5. The molecule has 0 bridgehead atoms. The van der Waals surface area contributed by atoms with Crippen molar-refractivity contribution >= 4 is 12.0 Å². The van der Waals surface area contributed by atoms with E-state index in [1.165, 1.54) is 4.90 Å². The average molecular weight is 338 g/mol. The second kappa shape index (κ2) is 9.77. The van der Waals surface area contributed by atoms with Crippen molar-refractivity contribution in [1.29, 1.82) is 0 Å². The van der Waals surface area contributed by atoms with Gasteiger partial charge in [0.05, 0.1) is 19.6 Å². The van der Waals surface area contributed by atoms with Gasteiger partial charge in [-0.05, 0) is 19.9 Å². The number of nitrogens with one attached hydrogen (secondary N) is 1. The molecular weight excluding hydrogens is 312 g/mol. The molecule has 1 aromatic carbocycles. The van der Waals surface area contributed by atoms with Crippen molar-refractivity contribution in [2.45, 2.75) is 32.5 Å². The first-order valence-electron chi connectivity index (χ1n) is 7.84. The Balaban J connectivity index is 2.73. The molecule has 0 fully saturated rings. The number of carbonyl (C=O) groups excluding carboxylic acids is 1. The lowest BCUT2D eigenvalue weighted by molar-refractivity contribution is -0.137. The minimum atomic E-state index is -0.940. The van der Waals surface area contributed by atoms with Gasteiger partial charge in [-0.15, -0.1) is 0 Å². The van der Waals surface area contributed by atoms with Crippen molar-refractivity contribution < 1.29 is 24.2 Å². The van der Waals surface area contributed by atoms with Gasteiger partial charge in [0, 0.05) is 25.7 Å². The van der Waals surface area contributed by atoms with E-state index in [4.69, 9.17) is 14.6 Å². The van der Waals surface area contributed by atoms with Gasteiger partial charge in [0.25, 0.3) is 0 Å². The van der Waals surface area contributed by atoms with Crippen LogP contribution in [0.2, 0.25) is 0 Å². The Hall–Kier alpha value is -2.28. The minimum absolute atomic E-state index is 0.0263. The highest BCUT2D eigenvalue weighted by Crippen LogP contribution is 2.28. The van der Waals surface area contributed by atoms with E-state index in [-0.39, 0.29) is 37.7 Å². The number of carbonyl (C=O) groups is 2. The molecule has 7 nitrogen and oxygen atoms in total. The largest absolute Gasteiger partial charge is 0.496 e. The zero-order valence-electron chi connectivity index (χ0n) is 14.6. The lowest BCUT2D eigenvalue weighted by atomic mass is 10.1. The Kier molecular flexibility index (Phi) is 8.05. The monoisotopic (exact) mass is 338 g/mol. The summed E-state index contributed by atoms with van der Waals surface area (Å²) in [6.45, 7) is 4.24. The third kappa shape index (κ3) is 6.45. The molecule has 0 aliphatic rings. The molecule has 0 aliphatic heterocycles. The van der Waals surface area contributed by atoms with Gasteiger partial charge < -0.3 is 24.8 Å². The standard InChI is InChI=1S/C17H26N2O5/c1-12(2)24-15(13-7-5-6-8-14(13)23-4)11-18-17(22)19(3)10-9-16(20)21/h5-8,12,15H,9-11H2,1-4H3,(H,18,22)(H,20,21).